The summed E-state index contributed by atoms with van der Waals surface area (Å²) in [5, 5.41) is 24.0. The SMILES string of the molecule is COc1ccc(-c2c(C#N)c(N)nc(SCc3nc(-c4ccsc4)oc3C)c2C#N)cc1. The van der Waals surface area contributed by atoms with Gasteiger partial charge in [0.15, 0.2) is 0 Å². The van der Waals surface area contributed by atoms with Crippen molar-refractivity contribution in [2.45, 2.75) is 17.7 Å². The summed E-state index contributed by atoms with van der Waals surface area (Å²) >= 11 is 2.90. The van der Waals surface area contributed by atoms with Crippen LogP contribution in [0.25, 0.3) is 22.6 Å². The molecule has 7 nitrogen and oxygen atoms in total. The summed E-state index contributed by atoms with van der Waals surface area (Å²) in [6, 6.07) is 13.4. The minimum absolute atomic E-state index is 0.0793. The molecule has 4 rings (SSSR count). The van der Waals surface area contributed by atoms with Crippen LogP contribution in [0.3, 0.4) is 0 Å². The van der Waals surface area contributed by atoms with E-state index in [-0.39, 0.29) is 11.4 Å². The predicted molar refractivity (Wildman–Crippen MR) is 124 cm³/mol. The summed E-state index contributed by atoms with van der Waals surface area (Å²) in [7, 11) is 1.57. The number of benzene rings is 1. The second kappa shape index (κ2) is 9.15. The molecule has 158 valence electrons. The second-order valence-electron chi connectivity index (χ2n) is 6.70. The maximum absolute atomic E-state index is 9.94. The second-order valence-corrected chi connectivity index (χ2v) is 8.45. The van der Waals surface area contributed by atoms with E-state index in [1.807, 2.05) is 23.8 Å². The highest BCUT2D eigenvalue weighted by Crippen LogP contribution is 2.37. The van der Waals surface area contributed by atoms with Crippen molar-refractivity contribution in [1.29, 1.82) is 10.5 Å². The zero-order chi connectivity index (χ0) is 22.7. The zero-order valence-corrected chi connectivity index (χ0v) is 18.9. The first-order valence-electron chi connectivity index (χ1n) is 9.45. The number of rotatable bonds is 6. The van der Waals surface area contributed by atoms with Gasteiger partial charge >= 0.3 is 0 Å². The van der Waals surface area contributed by atoms with Gasteiger partial charge in [0, 0.05) is 22.3 Å². The first kappa shape index (κ1) is 21.4. The van der Waals surface area contributed by atoms with Crippen LogP contribution in [-0.4, -0.2) is 17.1 Å². The van der Waals surface area contributed by atoms with E-state index in [9.17, 15) is 10.5 Å². The number of hydrogen-bond acceptors (Lipinski definition) is 9. The van der Waals surface area contributed by atoms with Crippen molar-refractivity contribution in [2.75, 3.05) is 12.8 Å². The Labute approximate surface area is 193 Å². The molecular formula is C23H17N5O2S2. The van der Waals surface area contributed by atoms with Crippen molar-refractivity contribution in [3.8, 4) is 40.5 Å². The average Bonchev–Trinajstić information content (AvgIpc) is 3.47. The summed E-state index contributed by atoms with van der Waals surface area (Å²) in [6.45, 7) is 1.85. The van der Waals surface area contributed by atoms with Crippen LogP contribution in [0.1, 0.15) is 22.6 Å². The van der Waals surface area contributed by atoms with Crippen LogP contribution < -0.4 is 10.5 Å². The topological polar surface area (TPSA) is 122 Å². The van der Waals surface area contributed by atoms with Gasteiger partial charge in [0.25, 0.3) is 0 Å². The smallest absolute Gasteiger partial charge is 0.227 e. The van der Waals surface area contributed by atoms with E-state index in [0.29, 0.717) is 44.9 Å². The Kier molecular flexibility index (Phi) is 6.13. The fourth-order valence-corrected chi connectivity index (χ4v) is 4.78. The number of nitrogens with zero attached hydrogens (tertiary/aromatic N) is 4. The van der Waals surface area contributed by atoms with Crippen molar-refractivity contribution in [1.82, 2.24) is 9.97 Å². The van der Waals surface area contributed by atoms with Gasteiger partial charge in [-0.05, 0) is 36.1 Å². The summed E-state index contributed by atoms with van der Waals surface area (Å²) in [5.41, 5.74) is 9.41. The largest absolute Gasteiger partial charge is 0.497 e. The number of nitrogens with two attached hydrogens (primary N) is 1. The van der Waals surface area contributed by atoms with E-state index in [1.54, 1.807) is 42.7 Å². The quantitative estimate of drug-likeness (QED) is 0.380. The minimum atomic E-state index is 0.0793. The van der Waals surface area contributed by atoms with Crippen molar-refractivity contribution < 1.29 is 9.15 Å². The molecule has 0 spiro atoms. The molecule has 2 N–H and O–H groups in total. The van der Waals surface area contributed by atoms with Gasteiger partial charge in [-0.15, -0.1) is 0 Å². The van der Waals surface area contributed by atoms with E-state index in [4.69, 9.17) is 14.9 Å². The monoisotopic (exact) mass is 459 g/mol. The third kappa shape index (κ3) is 4.04. The molecule has 1 aromatic carbocycles. The Bertz CT molecular complexity index is 1350. The number of thiophene rings is 1. The van der Waals surface area contributed by atoms with Crippen LogP contribution >= 0.6 is 23.1 Å². The molecule has 0 aliphatic heterocycles. The summed E-state index contributed by atoms with van der Waals surface area (Å²) in [4.78, 5) is 8.94. The van der Waals surface area contributed by atoms with Crippen LogP contribution in [0.2, 0.25) is 0 Å². The van der Waals surface area contributed by atoms with Crippen LogP contribution in [0.5, 0.6) is 5.75 Å². The van der Waals surface area contributed by atoms with Gasteiger partial charge < -0.3 is 14.9 Å². The van der Waals surface area contributed by atoms with Crippen molar-refractivity contribution in [2.24, 2.45) is 0 Å². The van der Waals surface area contributed by atoms with E-state index >= 15 is 0 Å². The molecule has 3 heterocycles. The molecule has 3 aromatic heterocycles. The van der Waals surface area contributed by atoms with Crippen LogP contribution in [-0.2, 0) is 5.75 Å². The Morgan fingerprint density at radius 3 is 2.47 bits per heavy atom. The molecule has 9 heteroatoms. The number of nitriles is 2. The number of ether oxygens (including phenoxy) is 1. The molecule has 0 aliphatic rings. The van der Waals surface area contributed by atoms with E-state index in [0.717, 1.165) is 11.3 Å². The first-order chi connectivity index (χ1) is 15.5. The van der Waals surface area contributed by atoms with E-state index < -0.39 is 0 Å². The lowest BCUT2D eigenvalue weighted by Gasteiger charge is -2.13. The number of oxazole rings is 1. The third-order valence-electron chi connectivity index (χ3n) is 4.80. The number of hydrogen-bond donors (Lipinski definition) is 1. The molecular weight excluding hydrogens is 442 g/mol. The molecule has 0 bridgehead atoms. The molecule has 0 aliphatic carbocycles. The van der Waals surface area contributed by atoms with Gasteiger partial charge in [-0.25, -0.2) is 9.97 Å². The fraction of sp³-hybridized carbons (Fsp3) is 0.130. The maximum atomic E-state index is 9.94. The lowest BCUT2D eigenvalue weighted by atomic mass is 9.97. The van der Waals surface area contributed by atoms with Gasteiger partial charge in [-0.1, -0.05) is 23.9 Å². The lowest BCUT2D eigenvalue weighted by molar-refractivity contribution is 0.415. The Morgan fingerprint density at radius 2 is 1.84 bits per heavy atom. The minimum Gasteiger partial charge on any atom is -0.497 e. The number of thioether (sulfide) groups is 1. The van der Waals surface area contributed by atoms with Crippen molar-refractivity contribution in [3.05, 3.63) is 63.7 Å². The molecule has 0 fully saturated rings. The van der Waals surface area contributed by atoms with Gasteiger partial charge in [0.1, 0.15) is 40.1 Å². The molecule has 0 unspecified atom stereocenters. The standard InChI is InChI=1S/C23H17N5O2S2/c1-13-19(27-22(30-13)15-7-8-31-11-15)12-32-23-18(10-25)20(17(9-24)21(26)28-23)14-3-5-16(29-2)6-4-14/h3-8,11H,12H2,1-2H3,(H2,26,28). The number of nitrogen functional groups attached to an aromatic ring is 1. The van der Waals surface area contributed by atoms with E-state index in [1.165, 1.54) is 11.8 Å². The van der Waals surface area contributed by atoms with Gasteiger partial charge in [-0.2, -0.15) is 21.9 Å². The average molecular weight is 460 g/mol. The number of aromatic nitrogens is 2. The van der Waals surface area contributed by atoms with E-state index in [2.05, 4.69) is 22.1 Å². The number of anilines is 1. The zero-order valence-electron chi connectivity index (χ0n) is 17.2. The Morgan fingerprint density at radius 1 is 1.09 bits per heavy atom. The fourth-order valence-electron chi connectivity index (χ4n) is 3.16. The molecule has 0 atom stereocenters. The first-order valence-corrected chi connectivity index (χ1v) is 11.4. The van der Waals surface area contributed by atoms with Crippen molar-refractivity contribution >= 4 is 28.9 Å². The number of aryl methyl sites for hydroxylation is 1. The molecule has 0 radical (unpaired) electrons. The van der Waals surface area contributed by atoms with Crippen molar-refractivity contribution in [3.63, 3.8) is 0 Å². The summed E-state index contributed by atoms with van der Waals surface area (Å²) in [5.74, 6) is 2.45. The lowest BCUT2D eigenvalue weighted by Crippen LogP contribution is -2.03. The summed E-state index contributed by atoms with van der Waals surface area (Å²) < 4.78 is 11.0. The number of methoxy groups -OCH3 is 1. The highest BCUT2D eigenvalue weighted by molar-refractivity contribution is 7.98. The van der Waals surface area contributed by atoms with Crippen LogP contribution in [0, 0.1) is 29.6 Å². The Hall–Kier alpha value is -3.79. The summed E-state index contributed by atoms with van der Waals surface area (Å²) in [6.07, 6.45) is 0. The third-order valence-corrected chi connectivity index (χ3v) is 6.47. The van der Waals surface area contributed by atoms with Gasteiger partial charge in [-0.3, -0.25) is 0 Å². The predicted octanol–water partition coefficient (Wildman–Crippen LogP) is 5.40. The van der Waals surface area contributed by atoms with Crippen LogP contribution in [0.15, 0.2) is 50.5 Å². The highest BCUT2D eigenvalue weighted by atomic mass is 32.2. The van der Waals surface area contributed by atoms with Gasteiger partial charge in [0.05, 0.1) is 18.4 Å². The maximum Gasteiger partial charge on any atom is 0.227 e. The molecule has 0 saturated heterocycles. The van der Waals surface area contributed by atoms with Crippen LogP contribution in [0.4, 0.5) is 5.82 Å². The Balaban J connectivity index is 1.71. The molecule has 4 aromatic rings. The molecule has 0 amide bonds. The number of pyridine rings is 1. The van der Waals surface area contributed by atoms with Gasteiger partial charge in [0.2, 0.25) is 5.89 Å². The highest BCUT2D eigenvalue weighted by Gasteiger charge is 2.21. The molecule has 0 saturated carbocycles. The normalized spacial score (nSPS) is 10.5. The molecule has 32 heavy (non-hydrogen) atoms.